The molecule has 0 radical (unpaired) electrons. The first-order valence-electron chi connectivity index (χ1n) is 15.5. The number of unbranched alkanes of at least 4 members (excludes halogenated alkanes) is 2. The molecule has 1 aliphatic heterocycles. The van der Waals surface area contributed by atoms with Crippen LogP contribution in [0.3, 0.4) is 0 Å². The number of ether oxygens (including phenoxy) is 2. The van der Waals surface area contributed by atoms with E-state index in [4.69, 9.17) is 9.47 Å². The molecule has 1 heterocycles. The molecule has 2 aromatic carbocycles. The smallest absolute Gasteiger partial charge is 0.315 e. The fraction of sp³-hybridized carbons (Fsp3) is 0.636. The zero-order valence-electron chi connectivity index (χ0n) is 25.6. The lowest BCUT2D eigenvalue weighted by atomic mass is 10.0. The SMILES string of the molecule is CCCCC(CC)COC(=O)CSCN1CN(CSCC(=O)OCC(CC)CCCC)c2cccc3cccc1c23. The maximum absolute atomic E-state index is 12.5. The summed E-state index contributed by atoms with van der Waals surface area (Å²) in [6, 6.07) is 12.8. The van der Waals surface area contributed by atoms with E-state index in [0.29, 0.717) is 55.0 Å². The molecule has 228 valence electrons. The van der Waals surface area contributed by atoms with Crippen molar-refractivity contribution in [1.29, 1.82) is 0 Å². The first-order valence-corrected chi connectivity index (χ1v) is 17.8. The average molecular weight is 603 g/mol. The molecular weight excluding hydrogens is 553 g/mol. The maximum Gasteiger partial charge on any atom is 0.315 e. The molecule has 0 aliphatic carbocycles. The van der Waals surface area contributed by atoms with Crippen LogP contribution in [0.25, 0.3) is 10.8 Å². The highest BCUT2D eigenvalue weighted by atomic mass is 32.2. The minimum atomic E-state index is -0.133. The van der Waals surface area contributed by atoms with E-state index >= 15 is 0 Å². The molecule has 0 spiro atoms. The van der Waals surface area contributed by atoms with Crippen LogP contribution in [0.5, 0.6) is 0 Å². The lowest BCUT2D eigenvalue weighted by molar-refractivity contribution is -0.142. The van der Waals surface area contributed by atoms with Crippen LogP contribution in [0.2, 0.25) is 0 Å². The van der Waals surface area contributed by atoms with Gasteiger partial charge in [-0.2, -0.15) is 0 Å². The Hall–Kier alpha value is -2.06. The molecule has 2 aromatic rings. The van der Waals surface area contributed by atoms with Crippen molar-refractivity contribution in [2.45, 2.75) is 79.1 Å². The second kappa shape index (κ2) is 18.5. The topological polar surface area (TPSA) is 59.1 Å². The number of nitrogens with zero attached hydrogens (tertiary/aromatic N) is 2. The van der Waals surface area contributed by atoms with Crippen LogP contribution in [-0.4, -0.2) is 55.1 Å². The zero-order chi connectivity index (χ0) is 29.5. The lowest BCUT2D eigenvalue weighted by Crippen LogP contribution is -2.41. The minimum Gasteiger partial charge on any atom is -0.465 e. The highest BCUT2D eigenvalue weighted by molar-refractivity contribution is 8.00. The quantitative estimate of drug-likeness (QED) is 0.140. The van der Waals surface area contributed by atoms with Crippen LogP contribution < -0.4 is 9.80 Å². The number of anilines is 2. The van der Waals surface area contributed by atoms with Crippen molar-refractivity contribution in [3.05, 3.63) is 36.4 Å². The Balaban J connectivity index is 1.54. The summed E-state index contributed by atoms with van der Waals surface area (Å²) in [5.41, 5.74) is 2.37. The lowest BCUT2D eigenvalue weighted by Gasteiger charge is -2.39. The first-order chi connectivity index (χ1) is 20.0. The van der Waals surface area contributed by atoms with Crippen molar-refractivity contribution >= 4 is 57.6 Å². The number of rotatable bonds is 20. The number of esters is 2. The Morgan fingerprint density at radius 2 is 1.22 bits per heavy atom. The molecule has 6 nitrogen and oxygen atoms in total. The predicted molar refractivity (Wildman–Crippen MR) is 177 cm³/mol. The minimum absolute atomic E-state index is 0.133. The molecule has 0 N–H and O–H groups in total. The van der Waals surface area contributed by atoms with E-state index in [1.54, 1.807) is 23.5 Å². The maximum atomic E-state index is 12.5. The van der Waals surface area contributed by atoms with Gasteiger partial charge in [-0.25, -0.2) is 0 Å². The van der Waals surface area contributed by atoms with Crippen LogP contribution in [-0.2, 0) is 19.1 Å². The molecule has 8 heteroatoms. The van der Waals surface area contributed by atoms with Gasteiger partial charge in [-0.3, -0.25) is 9.59 Å². The Morgan fingerprint density at radius 1 is 0.756 bits per heavy atom. The van der Waals surface area contributed by atoms with E-state index in [9.17, 15) is 9.59 Å². The van der Waals surface area contributed by atoms with E-state index in [0.717, 1.165) is 25.7 Å². The molecule has 0 amide bonds. The molecule has 2 atom stereocenters. The Kier molecular flexibility index (Phi) is 15.1. The van der Waals surface area contributed by atoms with Crippen molar-refractivity contribution in [2.24, 2.45) is 11.8 Å². The van der Waals surface area contributed by atoms with Gasteiger partial charge in [0.1, 0.15) is 0 Å². The first kappa shape index (κ1) is 33.4. The number of hydrogen-bond acceptors (Lipinski definition) is 8. The van der Waals surface area contributed by atoms with E-state index in [1.807, 2.05) is 0 Å². The number of carbonyl (C=O) groups is 2. The third-order valence-electron chi connectivity index (χ3n) is 7.86. The molecule has 3 rings (SSSR count). The van der Waals surface area contributed by atoms with Gasteiger partial charge in [0.15, 0.2) is 0 Å². The Bertz CT molecular complexity index is 1000. The van der Waals surface area contributed by atoms with Gasteiger partial charge in [0.25, 0.3) is 0 Å². The van der Waals surface area contributed by atoms with Gasteiger partial charge in [0.05, 0.1) is 43.1 Å². The summed E-state index contributed by atoms with van der Waals surface area (Å²) in [5, 5.41) is 2.41. The van der Waals surface area contributed by atoms with Crippen molar-refractivity contribution < 1.29 is 19.1 Å². The van der Waals surface area contributed by atoms with E-state index in [-0.39, 0.29) is 11.9 Å². The third kappa shape index (κ3) is 10.6. The second-order valence-electron chi connectivity index (χ2n) is 11.0. The van der Waals surface area contributed by atoms with Crippen LogP contribution in [0.15, 0.2) is 36.4 Å². The van der Waals surface area contributed by atoms with Gasteiger partial charge in [-0.05, 0) is 42.2 Å². The number of carbonyl (C=O) groups excluding carboxylic acids is 2. The normalized spacial score (nSPS) is 14.2. The van der Waals surface area contributed by atoms with Gasteiger partial charge < -0.3 is 19.3 Å². The Labute approximate surface area is 256 Å². The number of hydrogen-bond donors (Lipinski definition) is 0. The monoisotopic (exact) mass is 602 g/mol. The van der Waals surface area contributed by atoms with Crippen LogP contribution in [0.4, 0.5) is 11.4 Å². The van der Waals surface area contributed by atoms with Crippen molar-refractivity contribution in [3.8, 4) is 0 Å². The van der Waals surface area contributed by atoms with Crippen molar-refractivity contribution in [3.63, 3.8) is 0 Å². The third-order valence-corrected chi connectivity index (χ3v) is 9.73. The zero-order valence-corrected chi connectivity index (χ0v) is 27.2. The largest absolute Gasteiger partial charge is 0.465 e. The van der Waals surface area contributed by atoms with Crippen molar-refractivity contribution in [2.75, 3.05) is 52.9 Å². The summed E-state index contributed by atoms with van der Waals surface area (Å²) in [5.74, 6) is 2.71. The molecule has 0 fully saturated rings. The summed E-state index contributed by atoms with van der Waals surface area (Å²) in [4.78, 5) is 29.6. The fourth-order valence-corrected chi connectivity index (χ4v) is 6.75. The molecule has 0 saturated carbocycles. The van der Waals surface area contributed by atoms with Gasteiger partial charge in [0.2, 0.25) is 0 Å². The highest BCUT2D eigenvalue weighted by Crippen LogP contribution is 2.40. The summed E-state index contributed by atoms with van der Waals surface area (Å²) < 4.78 is 11.2. The van der Waals surface area contributed by atoms with E-state index in [1.165, 1.54) is 47.8 Å². The summed E-state index contributed by atoms with van der Waals surface area (Å²) in [6.45, 7) is 10.5. The van der Waals surface area contributed by atoms with Crippen LogP contribution in [0.1, 0.15) is 79.1 Å². The van der Waals surface area contributed by atoms with Gasteiger partial charge in [-0.15, -0.1) is 23.5 Å². The summed E-state index contributed by atoms with van der Waals surface area (Å²) >= 11 is 3.19. The standard InChI is InChI=1S/C33H50N2O4S2/c1-5-9-13-26(7-3)19-38-31(36)21-40-24-34-23-35(30-18-12-16-28-15-11-17-29(34)33(28)30)25-41-22-32(37)39-20-27(8-4)14-10-6-2/h11-12,15-18,26-27H,5-10,13-14,19-25H2,1-4H3. The predicted octanol–water partition coefficient (Wildman–Crippen LogP) is 8.32. The number of thioether (sulfide) groups is 2. The highest BCUT2D eigenvalue weighted by Gasteiger charge is 2.24. The molecule has 0 bridgehead atoms. The summed E-state index contributed by atoms with van der Waals surface area (Å²) in [6.07, 6.45) is 9.03. The Morgan fingerprint density at radius 3 is 1.63 bits per heavy atom. The molecule has 0 aromatic heterocycles. The van der Waals surface area contributed by atoms with E-state index in [2.05, 4.69) is 73.9 Å². The van der Waals surface area contributed by atoms with Gasteiger partial charge >= 0.3 is 11.9 Å². The summed E-state index contributed by atoms with van der Waals surface area (Å²) in [7, 11) is 0. The van der Waals surface area contributed by atoms with Gasteiger partial charge in [0, 0.05) is 16.8 Å². The van der Waals surface area contributed by atoms with Crippen molar-refractivity contribution in [1.82, 2.24) is 0 Å². The van der Waals surface area contributed by atoms with Gasteiger partial charge in [-0.1, -0.05) is 90.5 Å². The second-order valence-corrected chi connectivity index (χ2v) is 12.9. The molecular formula is C33H50N2O4S2. The molecule has 1 aliphatic rings. The fourth-order valence-electron chi connectivity index (χ4n) is 5.19. The number of benzene rings is 2. The van der Waals surface area contributed by atoms with Crippen LogP contribution in [0, 0.1) is 11.8 Å². The molecule has 41 heavy (non-hydrogen) atoms. The average Bonchev–Trinajstić information content (AvgIpc) is 2.99. The van der Waals surface area contributed by atoms with Crippen LogP contribution >= 0.6 is 23.5 Å². The van der Waals surface area contributed by atoms with E-state index < -0.39 is 0 Å². The molecule has 0 saturated heterocycles. The molecule has 2 unspecified atom stereocenters.